The molecule has 4 heteroatoms. The lowest BCUT2D eigenvalue weighted by Crippen LogP contribution is -2.44. The largest absolute Gasteiger partial charge is 0.481 e. The topological polar surface area (TPSA) is 77.8 Å². The number of aliphatic carboxylic acids is 1. The van der Waals surface area contributed by atoms with Gasteiger partial charge in [0.25, 0.3) is 0 Å². The van der Waals surface area contributed by atoms with Crippen LogP contribution in [0.3, 0.4) is 0 Å². The number of carboxylic acid groups (broad SMARTS) is 1. The van der Waals surface area contributed by atoms with Crippen molar-refractivity contribution in [2.24, 2.45) is 11.8 Å². The maximum atomic E-state index is 10.5. The van der Waals surface area contributed by atoms with E-state index in [2.05, 4.69) is 0 Å². The van der Waals surface area contributed by atoms with Crippen LogP contribution in [0, 0.1) is 11.8 Å². The van der Waals surface area contributed by atoms with E-state index in [1.807, 2.05) is 0 Å². The van der Waals surface area contributed by atoms with Gasteiger partial charge in [-0.15, -0.1) is 0 Å². The molecule has 0 bridgehead atoms. The van der Waals surface area contributed by atoms with Gasteiger partial charge in [0.05, 0.1) is 11.5 Å². The molecular weight excluding hydrogens is 160 g/mol. The Hall–Kier alpha value is -0.610. The van der Waals surface area contributed by atoms with Gasteiger partial charge in [0, 0.05) is 12.5 Å². The van der Waals surface area contributed by atoms with Gasteiger partial charge in [-0.3, -0.25) is 4.79 Å². The van der Waals surface area contributed by atoms with Crippen molar-refractivity contribution in [1.29, 1.82) is 0 Å². The second kappa shape index (κ2) is 3.87. The van der Waals surface area contributed by atoms with E-state index in [1.54, 1.807) is 6.92 Å². The third-order valence-electron chi connectivity index (χ3n) is 2.52. The molecule has 0 aromatic carbocycles. The molecule has 3 N–H and O–H groups in total. The maximum absolute atomic E-state index is 10.5. The van der Waals surface area contributed by atoms with E-state index in [0.717, 1.165) is 0 Å². The SMILES string of the molecule is CC(CO)C(C)(O)C(C)C(=O)O. The Kier molecular flexibility index (Phi) is 3.67. The summed E-state index contributed by atoms with van der Waals surface area (Å²) < 4.78 is 0. The van der Waals surface area contributed by atoms with Crippen LogP contribution in [0.5, 0.6) is 0 Å². The summed E-state index contributed by atoms with van der Waals surface area (Å²) in [6.45, 7) is 4.24. The van der Waals surface area contributed by atoms with Crippen molar-refractivity contribution in [3.63, 3.8) is 0 Å². The Morgan fingerprint density at radius 1 is 1.50 bits per heavy atom. The summed E-state index contributed by atoms with van der Waals surface area (Å²) in [6, 6.07) is 0. The van der Waals surface area contributed by atoms with Crippen molar-refractivity contribution >= 4 is 5.97 Å². The van der Waals surface area contributed by atoms with Crippen molar-refractivity contribution in [3.8, 4) is 0 Å². The van der Waals surface area contributed by atoms with Gasteiger partial charge in [0.2, 0.25) is 0 Å². The van der Waals surface area contributed by atoms with Gasteiger partial charge in [-0.2, -0.15) is 0 Å². The van der Waals surface area contributed by atoms with Crippen LogP contribution in [0.1, 0.15) is 20.8 Å². The Morgan fingerprint density at radius 2 is 1.92 bits per heavy atom. The zero-order chi connectivity index (χ0) is 9.94. The van der Waals surface area contributed by atoms with E-state index >= 15 is 0 Å². The molecule has 0 amide bonds. The monoisotopic (exact) mass is 176 g/mol. The zero-order valence-electron chi connectivity index (χ0n) is 7.61. The summed E-state index contributed by atoms with van der Waals surface area (Å²) in [6.07, 6.45) is 0. The minimum Gasteiger partial charge on any atom is -0.481 e. The lowest BCUT2D eigenvalue weighted by Gasteiger charge is -2.32. The van der Waals surface area contributed by atoms with E-state index in [4.69, 9.17) is 10.2 Å². The minimum absolute atomic E-state index is 0.218. The van der Waals surface area contributed by atoms with Gasteiger partial charge in [-0.25, -0.2) is 0 Å². The molecule has 72 valence electrons. The smallest absolute Gasteiger partial charge is 0.309 e. The molecule has 0 aromatic heterocycles. The maximum Gasteiger partial charge on any atom is 0.309 e. The first-order valence-electron chi connectivity index (χ1n) is 3.90. The summed E-state index contributed by atoms with van der Waals surface area (Å²) >= 11 is 0. The second-order valence-electron chi connectivity index (χ2n) is 3.37. The predicted molar refractivity (Wildman–Crippen MR) is 43.7 cm³/mol. The Labute approximate surface area is 71.8 Å². The van der Waals surface area contributed by atoms with Gasteiger partial charge in [0.1, 0.15) is 0 Å². The number of rotatable bonds is 4. The molecule has 12 heavy (non-hydrogen) atoms. The zero-order valence-corrected chi connectivity index (χ0v) is 7.61. The van der Waals surface area contributed by atoms with Gasteiger partial charge in [0.15, 0.2) is 0 Å². The van der Waals surface area contributed by atoms with E-state index in [9.17, 15) is 9.90 Å². The molecule has 0 heterocycles. The van der Waals surface area contributed by atoms with Gasteiger partial charge >= 0.3 is 5.97 Å². The summed E-state index contributed by atoms with van der Waals surface area (Å²) in [5.74, 6) is -2.37. The molecule has 0 radical (unpaired) electrons. The molecule has 3 unspecified atom stereocenters. The highest BCUT2D eigenvalue weighted by Crippen LogP contribution is 2.25. The third-order valence-corrected chi connectivity index (χ3v) is 2.52. The van der Waals surface area contributed by atoms with E-state index in [0.29, 0.717) is 0 Å². The van der Waals surface area contributed by atoms with Crippen LogP contribution in [-0.4, -0.2) is 33.5 Å². The minimum atomic E-state index is -1.36. The lowest BCUT2D eigenvalue weighted by atomic mass is 9.80. The van der Waals surface area contributed by atoms with E-state index in [-0.39, 0.29) is 6.61 Å². The van der Waals surface area contributed by atoms with Crippen molar-refractivity contribution in [2.75, 3.05) is 6.61 Å². The van der Waals surface area contributed by atoms with Crippen LogP contribution < -0.4 is 0 Å². The molecule has 0 fully saturated rings. The molecule has 3 atom stereocenters. The van der Waals surface area contributed by atoms with Gasteiger partial charge in [-0.1, -0.05) is 6.92 Å². The van der Waals surface area contributed by atoms with Crippen LogP contribution in [0.4, 0.5) is 0 Å². The summed E-state index contributed by atoms with van der Waals surface area (Å²) in [5.41, 5.74) is -1.36. The first-order valence-corrected chi connectivity index (χ1v) is 3.90. The standard InChI is InChI=1S/C8H16O4/c1-5(4-9)8(3,12)6(2)7(10)11/h5-6,9,12H,4H2,1-3H3,(H,10,11). The first-order chi connectivity index (χ1) is 5.34. The third kappa shape index (κ3) is 2.19. The molecule has 0 saturated heterocycles. The molecule has 0 saturated carbocycles. The Balaban J connectivity index is 4.48. The van der Waals surface area contributed by atoms with Crippen molar-refractivity contribution in [3.05, 3.63) is 0 Å². The summed E-state index contributed by atoms with van der Waals surface area (Å²) in [4.78, 5) is 10.5. The second-order valence-corrected chi connectivity index (χ2v) is 3.37. The molecule has 0 aliphatic carbocycles. The van der Waals surface area contributed by atoms with Gasteiger partial charge < -0.3 is 15.3 Å². The highest BCUT2D eigenvalue weighted by molar-refractivity contribution is 5.71. The van der Waals surface area contributed by atoms with Crippen LogP contribution in [0.15, 0.2) is 0 Å². The number of carbonyl (C=O) groups is 1. The Bertz CT molecular complexity index is 164. The molecule has 0 aliphatic heterocycles. The number of aliphatic hydroxyl groups excluding tert-OH is 1. The molecule has 0 aliphatic rings. The number of hydrogen-bond acceptors (Lipinski definition) is 3. The van der Waals surface area contributed by atoms with Crippen molar-refractivity contribution in [2.45, 2.75) is 26.4 Å². The van der Waals surface area contributed by atoms with Crippen LogP contribution >= 0.6 is 0 Å². The fourth-order valence-electron chi connectivity index (χ4n) is 0.862. The van der Waals surface area contributed by atoms with E-state index < -0.39 is 23.4 Å². The van der Waals surface area contributed by atoms with Crippen LogP contribution in [-0.2, 0) is 4.79 Å². The molecule has 0 spiro atoms. The van der Waals surface area contributed by atoms with Gasteiger partial charge in [-0.05, 0) is 13.8 Å². The number of aliphatic hydroxyl groups is 2. The van der Waals surface area contributed by atoms with Crippen LogP contribution in [0.2, 0.25) is 0 Å². The fourth-order valence-corrected chi connectivity index (χ4v) is 0.862. The first kappa shape index (κ1) is 11.4. The quantitative estimate of drug-likeness (QED) is 0.567. The van der Waals surface area contributed by atoms with Crippen LogP contribution in [0.25, 0.3) is 0 Å². The van der Waals surface area contributed by atoms with E-state index in [1.165, 1.54) is 13.8 Å². The highest BCUT2D eigenvalue weighted by atomic mass is 16.4. The lowest BCUT2D eigenvalue weighted by molar-refractivity contribution is -0.154. The molecular formula is C8H16O4. The summed E-state index contributed by atoms with van der Waals surface area (Å²) in [5, 5.41) is 27.0. The number of hydrogen-bond donors (Lipinski definition) is 3. The Morgan fingerprint density at radius 3 is 2.17 bits per heavy atom. The molecule has 0 rings (SSSR count). The van der Waals surface area contributed by atoms with Crippen molar-refractivity contribution in [1.82, 2.24) is 0 Å². The normalized spacial score (nSPS) is 21.1. The average molecular weight is 176 g/mol. The number of carboxylic acids is 1. The fraction of sp³-hybridized carbons (Fsp3) is 0.875. The predicted octanol–water partition coefficient (Wildman–Crippen LogP) is 0.0865. The molecule has 4 nitrogen and oxygen atoms in total. The average Bonchev–Trinajstić information content (AvgIpc) is 2.01. The summed E-state index contributed by atoms with van der Waals surface area (Å²) in [7, 11) is 0. The highest BCUT2D eigenvalue weighted by Gasteiger charge is 2.38. The molecule has 0 aromatic rings. The van der Waals surface area contributed by atoms with Crippen molar-refractivity contribution < 1.29 is 20.1 Å².